The fourth-order valence-electron chi connectivity index (χ4n) is 1.74. The molecule has 0 amide bonds. The lowest BCUT2D eigenvalue weighted by atomic mass is 10.5. The summed E-state index contributed by atoms with van der Waals surface area (Å²) in [7, 11) is 5.70. The predicted octanol–water partition coefficient (Wildman–Crippen LogP) is 0.968. The molecule has 2 rings (SSSR count). The Morgan fingerprint density at radius 3 is 2.29 bits per heavy atom. The molecule has 1 aromatic heterocycles. The van der Waals surface area contributed by atoms with Crippen LogP contribution in [0.15, 0.2) is 0 Å². The zero-order chi connectivity index (χ0) is 12.4. The lowest BCUT2D eigenvalue weighted by Gasteiger charge is -2.22. The minimum atomic E-state index is 0.613. The highest BCUT2D eigenvalue weighted by Crippen LogP contribution is 2.30. The van der Waals surface area contributed by atoms with Gasteiger partial charge in [0.25, 0.3) is 0 Å². The van der Waals surface area contributed by atoms with Crippen LogP contribution < -0.4 is 15.1 Å². The van der Waals surface area contributed by atoms with E-state index in [4.69, 9.17) is 0 Å². The second-order valence-corrected chi connectivity index (χ2v) is 4.42. The second-order valence-electron chi connectivity index (χ2n) is 4.42. The standard InChI is InChI=1S/C11H20N6/c1-5-17(8-6-7-8)11-14-9(12-2)13-10(15-11)16(3)4/h8H,5-7H2,1-4H3,(H,12,13,14,15). The Morgan fingerprint density at radius 1 is 1.18 bits per heavy atom. The van der Waals surface area contributed by atoms with Gasteiger partial charge in [-0.15, -0.1) is 0 Å². The fourth-order valence-corrected chi connectivity index (χ4v) is 1.74. The van der Waals surface area contributed by atoms with Crippen LogP contribution in [0.25, 0.3) is 0 Å². The summed E-state index contributed by atoms with van der Waals surface area (Å²) in [4.78, 5) is 17.4. The molecule has 6 nitrogen and oxygen atoms in total. The molecule has 94 valence electrons. The molecule has 1 heterocycles. The van der Waals surface area contributed by atoms with E-state index in [1.807, 2.05) is 26.0 Å². The van der Waals surface area contributed by atoms with E-state index < -0.39 is 0 Å². The van der Waals surface area contributed by atoms with Crippen LogP contribution in [0.3, 0.4) is 0 Å². The maximum absolute atomic E-state index is 4.50. The molecule has 0 unspecified atom stereocenters. The summed E-state index contributed by atoms with van der Waals surface area (Å²) >= 11 is 0. The molecule has 0 bridgehead atoms. The molecule has 1 aliphatic rings. The molecular formula is C11H20N6. The van der Waals surface area contributed by atoms with Crippen LogP contribution >= 0.6 is 0 Å². The largest absolute Gasteiger partial charge is 0.357 e. The van der Waals surface area contributed by atoms with Crippen molar-refractivity contribution in [1.29, 1.82) is 0 Å². The molecule has 1 aromatic rings. The van der Waals surface area contributed by atoms with Gasteiger partial charge >= 0.3 is 0 Å². The first-order valence-corrected chi connectivity index (χ1v) is 6.03. The van der Waals surface area contributed by atoms with Gasteiger partial charge < -0.3 is 15.1 Å². The minimum Gasteiger partial charge on any atom is -0.357 e. The van der Waals surface area contributed by atoms with Gasteiger partial charge in [0.05, 0.1) is 0 Å². The number of nitrogens with one attached hydrogen (secondary N) is 1. The zero-order valence-corrected chi connectivity index (χ0v) is 10.9. The van der Waals surface area contributed by atoms with Crippen molar-refractivity contribution < 1.29 is 0 Å². The van der Waals surface area contributed by atoms with Crippen molar-refractivity contribution in [3.8, 4) is 0 Å². The third kappa shape index (κ3) is 2.57. The van der Waals surface area contributed by atoms with E-state index in [0.717, 1.165) is 12.5 Å². The number of aromatic nitrogens is 3. The molecular weight excluding hydrogens is 216 g/mol. The lowest BCUT2D eigenvalue weighted by molar-refractivity contribution is 0.777. The Morgan fingerprint density at radius 2 is 1.82 bits per heavy atom. The molecule has 1 fully saturated rings. The topological polar surface area (TPSA) is 57.2 Å². The van der Waals surface area contributed by atoms with Gasteiger partial charge in [-0.3, -0.25) is 0 Å². The third-order valence-corrected chi connectivity index (χ3v) is 2.82. The highest BCUT2D eigenvalue weighted by Gasteiger charge is 2.30. The van der Waals surface area contributed by atoms with Crippen LogP contribution in [0.4, 0.5) is 17.8 Å². The van der Waals surface area contributed by atoms with Crippen molar-refractivity contribution in [2.45, 2.75) is 25.8 Å². The molecule has 6 heteroatoms. The van der Waals surface area contributed by atoms with E-state index in [9.17, 15) is 0 Å². The Hall–Kier alpha value is -1.59. The molecule has 0 radical (unpaired) electrons. The molecule has 1 N–H and O–H groups in total. The molecule has 0 spiro atoms. The van der Waals surface area contributed by atoms with Gasteiger partial charge in [-0.25, -0.2) is 0 Å². The van der Waals surface area contributed by atoms with Gasteiger partial charge in [0.1, 0.15) is 0 Å². The van der Waals surface area contributed by atoms with Crippen molar-refractivity contribution in [2.24, 2.45) is 0 Å². The summed E-state index contributed by atoms with van der Waals surface area (Å²) in [5, 5.41) is 2.99. The molecule has 1 saturated carbocycles. The van der Waals surface area contributed by atoms with Crippen molar-refractivity contribution >= 4 is 17.8 Å². The molecule has 0 atom stereocenters. The van der Waals surface area contributed by atoms with Crippen LogP contribution in [-0.4, -0.2) is 48.7 Å². The number of hydrogen-bond acceptors (Lipinski definition) is 6. The first kappa shape index (κ1) is 11.9. The minimum absolute atomic E-state index is 0.613. The highest BCUT2D eigenvalue weighted by molar-refractivity contribution is 5.45. The van der Waals surface area contributed by atoms with Crippen LogP contribution in [0.2, 0.25) is 0 Å². The Kier molecular flexibility index (Phi) is 3.31. The van der Waals surface area contributed by atoms with Crippen molar-refractivity contribution in [2.75, 3.05) is 42.8 Å². The normalized spacial score (nSPS) is 14.6. The van der Waals surface area contributed by atoms with E-state index in [2.05, 4.69) is 32.1 Å². The SMILES string of the molecule is CCN(c1nc(NC)nc(N(C)C)n1)C1CC1. The Bertz CT molecular complexity index is 388. The second kappa shape index (κ2) is 4.73. The maximum atomic E-state index is 4.50. The lowest BCUT2D eigenvalue weighted by Crippen LogP contribution is -2.28. The van der Waals surface area contributed by atoms with Gasteiger partial charge in [0, 0.05) is 33.7 Å². The first-order chi connectivity index (χ1) is 8.15. The summed E-state index contributed by atoms with van der Waals surface area (Å²) < 4.78 is 0. The smallest absolute Gasteiger partial charge is 0.232 e. The summed E-state index contributed by atoms with van der Waals surface area (Å²) in [6.45, 7) is 3.07. The number of rotatable bonds is 5. The zero-order valence-electron chi connectivity index (χ0n) is 10.9. The number of hydrogen-bond donors (Lipinski definition) is 1. The van der Waals surface area contributed by atoms with E-state index in [0.29, 0.717) is 17.9 Å². The maximum Gasteiger partial charge on any atom is 0.232 e. The third-order valence-electron chi connectivity index (χ3n) is 2.82. The van der Waals surface area contributed by atoms with Crippen LogP contribution in [-0.2, 0) is 0 Å². The van der Waals surface area contributed by atoms with Crippen LogP contribution in [0.1, 0.15) is 19.8 Å². The molecule has 0 aliphatic heterocycles. The fraction of sp³-hybridized carbons (Fsp3) is 0.727. The van der Waals surface area contributed by atoms with Crippen molar-refractivity contribution in [1.82, 2.24) is 15.0 Å². The Labute approximate surface area is 102 Å². The van der Waals surface area contributed by atoms with Gasteiger partial charge in [0.2, 0.25) is 17.8 Å². The van der Waals surface area contributed by atoms with Gasteiger partial charge in [-0.05, 0) is 19.8 Å². The average Bonchev–Trinajstić information content (AvgIpc) is 3.14. The molecule has 17 heavy (non-hydrogen) atoms. The predicted molar refractivity (Wildman–Crippen MR) is 69.7 cm³/mol. The van der Waals surface area contributed by atoms with Gasteiger partial charge in [-0.2, -0.15) is 15.0 Å². The summed E-state index contributed by atoms with van der Waals surface area (Å²) in [5.74, 6) is 2.09. The summed E-state index contributed by atoms with van der Waals surface area (Å²) in [6.07, 6.45) is 2.48. The van der Waals surface area contributed by atoms with Crippen molar-refractivity contribution in [3.63, 3.8) is 0 Å². The first-order valence-electron chi connectivity index (χ1n) is 6.03. The van der Waals surface area contributed by atoms with Gasteiger partial charge in [0.15, 0.2) is 0 Å². The van der Waals surface area contributed by atoms with E-state index >= 15 is 0 Å². The summed E-state index contributed by atoms with van der Waals surface area (Å²) in [5.41, 5.74) is 0. The van der Waals surface area contributed by atoms with E-state index in [-0.39, 0.29) is 0 Å². The molecule has 0 saturated heterocycles. The molecule has 1 aliphatic carbocycles. The Balaban J connectivity index is 2.34. The van der Waals surface area contributed by atoms with Crippen LogP contribution in [0, 0.1) is 0 Å². The van der Waals surface area contributed by atoms with E-state index in [1.165, 1.54) is 12.8 Å². The monoisotopic (exact) mass is 236 g/mol. The number of anilines is 3. The van der Waals surface area contributed by atoms with Crippen LogP contribution in [0.5, 0.6) is 0 Å². The average molecular weight is 236 g/mol. The van der Waals surface area contributed by atoms with E-state index in [1.54, 1.807) is 0 Å². The molecule has 0 aromatic carbocycles. The van der Waals surface area contributed by atoms with Crippen molar-refractivity contribution in [3.05, 3.63) is 0 Å². The summed E-state index contributed by atoms with van der Waals surface area (Å²) in [6, 6.07) is 0.613. The quantitative estimate of drug-likeness (QED) is 0.822. The number of nitrogens with zero attached hydrogens (tertiary/aromatic N) is 5. The van der Waals surface area contributed by atoms with Gasteiger partial charge in [-0.1, -0.05) is 0 Å². The highest BCUT2D eigenvalue weighted by atomic mass is 15.4.